The van der Waals surface area contributed by atoms with Crippen LogP contribution in [0, 0.1) is 23.5 Å². The fourth-order valence-corrected chi connectivity index (χ4v) is 3.40. The van der Waals surface area contributed by atoms with Gasteiger partial charge in [0, 0.05) is 7.05 Å². The summed E-state index contributed by atoms with van der Waals surface area (Å²) in [5.74, 6) is 3.17. The van der Waals surface area contributed by atoms with Gasteiger partial charge >= 0.3 is 0 Å². The quantitative estimate of drug-likeness (QED) is 0.535. The van der Waals surface area contributed by atoms with Gasteiger partial charge in [-0.1, -0.05) is 18.1 Å². The van der Waals surface area contributed by atoms with Crippen LogP contribution in [0.2, 0.25) is 0 Å². The van der Waals surface area contributed by atoms with Gasteiger partial charge < -0.3 is 15.2 Å². The first-order valence-corrected chi connectivity index (χ1v) is 11.0. The lowest BCUT2D eigenvalue weighted by molar-refractivity contribution is -0.120. The summed E-state index contributed by atoms with van der Waals surface area (Å²) in [5, 5.41) is 16.2. The lowest BCUT2D eigenvalue weighted by Gasteiger charge is -2.19. The number of hydrogen-bond donors (Lipinski definition) is 2. The fourth-order valence-electron chi connectivity index (χ4n) is 3.40. The summed E-state index contributed by atoms with van der Waals surface area (Å²) in [7, 11) is 1.47. The lowest BCUT2D eigenvalue weighted by Crippen LogP contribution is -2.49. The van der Waals surface area contributed by atoms with Crippen LogP contribution < -0.4 is 15.0 Å². The van der Waals surface area contributed by atoms with E-state index in [2.05, 4.69) is 27.2 Å². The number of anilines is 1. The monoisotopic (exact) mass is 495 g/mol. The van der Waals surface area contributed by atoms with Gasteiger partial charge in [0.25, 0.3) is 11.8 Å². The molecule has 1 aliphatic rings. The fraction of sp³-hybridized carbons (Fsp3) is 0.280. The van der Waals surface area contributed by atoms with Crippen molar-refractivity contribution in [3.63, 3.8) is 0 Å². The first-order valence-electron chi connectivity index (χ1n) is 11.0. The van der Waals surface area contributed by atoms with Crippen LogP contribution in [0.15, 0.2) is 42.6 Å². The van der Waals surface area contributed by atoms with Gasteiger partial charge in [0.1, 0.15) is 29.8 Å². The Morgan fingerprint density at radius 3 is 2.67 bits per heavy atom. The second-order valence-electron chi connectivity index (χ2n) is 8.71. The van der Waals surface area contributed by atoms with Gasteiger partial charge in [0.15, 0.2) is 23.1 Å². The average molecular weight is 495 g/mol. The van der Waals surface area contributed by atoms with Crippen LogP contribution in [0.4, 0.5) is 14.6 Å². The van der Waals surface area contributed by atoms with Crippen molar-refractivity contribution >= 4 is 17.6 Å². The van der Waals surface area contributed by atoms with Crippen molar-refractivity contribution in [3.05, 3.63) is 71.2 Å². The minimum Gasteiger partial charge on any atom is -0.487 e. The lowest BCUT2D eigenvalue weighted by atomic mass is 10.1. The minimum atomic E-state index is -1.22. The number of hydrogen-bond acceptors (Lipinski definition) is 6. The highest BCUT2D eigenvalue weighted by atomic mass is 19.1. The Labute approximate surface area is 205 Å². The van der Waals surface area contributed by atoms with E-state index < -0.39 is 40.8 Å². The number of nitrogens with zero attached hydrogens (tertiary/aromatic N) is 4. The normalized spacial score (nSPS) is 15.3. The molecule has 0 aliphatic carbocycles. The molecule has 3 heterocycles. The molecule has 36 heavy (non-hydrogen) atoms. The Morgan fingerprint density at radius 1 is 1.25 bits per heavy atom. The third kappa shape index (κ3) is 5.67. The number of aliphatic hydroxyl groups is 1. The molecule has 0 spiro atoms. The Kier molecular flexibility index (Phi) is 6.72. The molecule has 1 aromatic carbocycles. The highest BCUT2D eigenvalue weighted by Crippen LogP contribution is 2.28. The van der Waals surface area contributed by atoms with Crippen molar-refractivity contribution < 1.29 is 28.2 Å². The molecule has 9 nitrogen and oxygen atoms in total. The van der Waals surface area contributed by atoms with Gasteiger partial charge in [0.05, 0.1) is 12.7 Å². The molecule has 11 heteroatoms. The first kappa shape index (κ1) is 24.8. The highest BCUT2D eigenvalue weighted by molar-refractivity contribution is 6.02. The summed E-state index contributed by atoms with van der Waals surface area (Å²) in [5.41, 5.74) is -0.729. The van der Waals surface area contributed by atoms with Crippen LogP contribution in [0.5, 0.6) is 5.75 Å². The summed E-state index contributed by atoms with van der Waals surface area (Å²) in [4.78, 5) is 31.3. The van der Waals surface area contributed by atoms with Crippen LogP contribution >= 0.6 is 0 Å². The predicted molar refractivity (Wildman–Crippen MR) is 125 cm³/mol. The third-order valence-electron chi connectivity index (χ3n) is 5.18. The molecule has 186 valence electrons. The Balaban J connectivity index is 1.48. The highest BCUT2D eigenvalue weighted by Gasteiger charge is 2.33. The topological polar surface area (TPSA) is 110 Å². The second-order valence-corrected chi connectivity index (χ2v) is 8.71. The first-order chi connectivity index (χ1) is 17.0. The van der Waals surface area contributed by atoms with Gasteiger partial charge in [-0.25, -0.2) is 13.8 Å². The second kappa shape index (κ2) is 9.75. The molecule has 0 saturated carbocycles. The molecule has 1 unspecified atom stereocenters. The van der Waals surface area contributed by atoms with E-state index >= 15 is 0 Å². The molecule has 0 fully saturated rings. The summed E-state index contributed by atoms with van der Waals surface area (Å²) in [6, 6.07) is 7.63. The van der Waals surface area contributed by atoms with Gasteiger partial charge in [-0.05, 0) is 49.6 Å². The van der Waals surface area contributed by atoms with Crippen LogP contribution in [0.3, 0.4) is 0 Å². The van der Waals surface area contributed by atoms with Crippen molar-refractivity contribution in [1.82, 2.24) is 20.1 Å². The minimum absolute atomic E-state index is 0.123. The van der Waals surface area contributed by atoms with Crippen molar-refractivity contribution in [2.24, 2.45) is 0 Å². The molecule has 0 saturated heterocycles. The summed E-state index contributed by atoms with van der Waals surface area (Å²) in [6.07, 6.45) is 1.05. The number of aromatic nitrogens is 3. The van der Waals surface area contributed by atoms with E-state index in [1.165, 1.54) is 54.7 Å². The number of carbonyl (C=O) groups is 2. The van der Waals surface area contributed by atoms with Crippen LogP contribution in [-0.4, -0.2) is 57.0 Å². The van der Waals surface area contributed by atoms with Gasteiger partial charge in [-0.3, -0.25) is 19.2 Å². The maximum Gasteiger partial charge on any atom is 0.275 e. The smallest absolute Gasteiger partial charge is 0.275 e. The number of amides is 2. The van der Waals surface area contributed by atoms with Crippen molar-refractivity contribution in [1.29, 1.82) is 0 Å². The van der Waals surface area contributed by atoms with Gasteiger partial charge in [-0.2, -0.15) is 5.10 Å². The van der Waals surface area contributed by atoms with Gasteiger partial charge in [-0.15, -0.1) is 0 Å². The van der Waals surface area contributed by atoms with E-state index in [1.807, 2.05) is 0 Å². The molecule has 4 rings (SSSR count). The number of nitrogens with one attached hydrogen (secondary N) is 1. The summed E-state index contributed by atoms with van der Waals surface area (Å²) < 4.78 is 34.5. The number of halogens is 2. The van der Waals surface area contributed by atoms with Crippen LogP contribution in [-0.2, 0) is 11.3 Å². The summed E-state index contributed by atoms with van der Waals surface area (Å²) >= 11 is 0. The van der Waals surface area contributed by atoms with E-state index in [0.29, 0.717) is 17.0 Å². The predicted octanol–water partition coefficient (Wildman–Crippen LogP) is 1.88. The van der Waals surface area contributed by atoms with E-state index in [1.54, 1.807) is 12.1 Å². The third-order valence-corrected chi connectivity index (χ3v) is 5.18. The maximum absolute atomic E-state index is 14.5. The largest absolute Gasteiger partial charge is 0.487 e. The molecule has 2 N–H and O–H groups in total. The number of likely N-dealkylation sites (N-methyl/N-ethyl adjacent to an activating group) is 1. The molecule has 2 aromatic heterocycles. The number of carbonyl (C=O) groups excluding carboxylic acids is 2. The van der Waals surface area contributed by atoms with Crippen LogP contribution in [0.1, 0.15) is 35.6 Å². The number of pyridine rings is 1. The number of rotatable bonds is 4. The molecule has 2 amide bonds. The molecule has 1 aliphatic heterocycles. The standard InChI is InChI=1S/C25H23F2N5O4/c1-25(2,35)11-10-17-8-9-20-22(28-17)31(3)24(34)19(14-36-20)29-23(33)21-18(27)13-32(30-21)12-15-4-6-16(26)7-5-15/h4-9,13,19,35H,12,14H2,1-3H3,(H,29,33). The van der Waals surface area contributed by atoms with Crippen molar-refractivity contribution in [2.45, 2.75) is 32.0 Å². The molecule has 0 bridgehead atoms. The zero-order valence-electron chi connectivity index (χ0n) is 19.7. The number of benzene rings is 1. The zero-order chi connectivity index (χ0) is 26.0. The van der Waals surface area contributed by atoms with E-state index in [-0.39, 0.29) is 19.0 Å². The van der Waals surface area contributed by atoms with Crippen molar-refractivity contribution in [2.75, 3.05) is 18.6 Å². The van der Waals surface area contributed by atoms with E-state index in [4.69, 9.17) is 4.74 Å². The molecular weight excluding hydrogens is 472 g/mol. The summed E-state index contributed by atoms with van der Waals surface area (Å²) in [6.45, 7) is 2.98. The average Bonchev–Trinajstić information content (AvgIpc) is 3.15. The van der Waals surface area contributed by atoms with Crippen molar-refractivity contribution in [3.8, 4) is 17.6 Å². The zero-order valence-corrected chi connectivity index (χ0v) is 19.7. The maximum atomic E-state index is 14.5. The number of ether oxygens (including phenoxy) is 1. The Morgan fingerprint density at radius 2 is 1.97 bits per heavy atom. The van der Waals surface area contributed by atoms with Gasteiger partial charge in [0.2, 0.25) is 0 Å². The Bertz CT molecular complexity index is 1370. The molecular formula is C25H23F2N5O4. The number of fused-ring (bicyclic) bond motifs is 1. The SMILES string of the molecule is CN1C(=O)C(NC(=O)c2nn(Cc3ccc(F)cc3)cc2F)COc2ccc(C#CC(C)(C)O)nc21. The van der Waals surface area contributed by atoms with E-state index in [9.17, 15) is 23.5 Å². The van der Waals surface area contributed by atoms with E-state index in [0.717, 1.165) is 6.20 Å². The Hall–Kier alpha value is -4.30. The van der Waals surface area contributed by atoms with Crippen LogP contribution in [0.25, 0.3) is 0 Å². The molecule has 0 radical (unpaired) electrons. The molecule has 3 aromatic rings. The molecule has 1 atom stereocenters.